The van der Waals surface area contributed by atoms with Crippen LogP contribution in [-0.2, 0) is 14.3 Å². The summed E-state index contributed by atoms with van der Waals surface area (Å²) >= 11 is 0. The van der Waals surface area contributed by atoms with Gasteiger partial charge in [-0.05, 0) is 111 Å². The van der Waals surface area contributed by atoms with Crippen LogP contribution in [-0.4, -0.2) is 29.9 Å². The van der Waals surface area contributed by atoms with E-state index in [2.05, 4.69) is 13.8 Å². The molecule has 0 amide bonds. The van der Waals surface area contributed by atoms with Crippen LogP contribution in [0.5, 0.6) is 0 Å². The van der Waals surface area contributed by atoms with Gasteiger partial charge in [-0.15, -0.1) is 0 Å². The lowest BCUT2D eigenvalue weighted by atomic mass is 9.43. The number of esters is 2. The van der Waals surface area contributed by atoms with Gasteiger partial charge in [0.15, 0.2) is 0 Å². The van der Waals surface area contributed by atoms with Gasteiger partial charge < -0.3 is 9.47 Å². The van der Waals surface area contributed by atoms with Gasteiger partial charge in [0, 0.05) is 11.8 Å². The second kappa shape index (κ2) is 10.5. The molecular weight excluding hydrogens is 500 g/mol. The van der Waals surface area contributed by atoms with Gasteiger partial charge in [-0.3, -0.25) is 4.79 Å². The Balaban J connectivity index is 1.27. The topological polar surface area (TPSA) is 69.7 Å². The summed E-state index contributed by atoms with van der Waals surface area (Å²) in [5.74, 6) is 1.36. The van der Waals surface area contributed by atoms with Crippen molar-refractivity contribution in [2.75, 3.05) is 0 Å². The second-order valence-electron chi connectivity index (χ2n) is 13.5. The highest BCUT2D eigenvalue weighted by Gasteiger charge is 2.64. The third-order valence-electron chi connectivity index (χ3n) is 11.6. The van der Waals surface area contributed by atoms with Gasteiger partial charge in [0.25, 0.3) is 0 Å². The zero-order chi connectivity index (χ0) is 28.1. The van der Waals surface area contributed by atoms with Crippen LogP contribution in [0.2, 0.25) is 0 Å². The lowest BCUT2D eigenvalue weighted by Gasteiger charge is -2.62. The SMILES string of the molecule is CC(=O)[C@H]1CC[C@H]2[C@@H]3CC[C@@H]4CC(OC(=O)c5ccccc5)CC[C@]4(C)[C@H]3[C@H](OC(=O)c3ccccc3)C[C@]12C. The monoisotopic (exact) mass is 542 g/mol. The van der Waals surface area contributed by atoms with Crippen molar-refractivity contribution in [3.63, 3.8) is 0 Å². The van der Waals surface area contributed by atoms with Gasteiger partial charge in [0.2, 0.25) is 0 Å². The minimum absolute atomic E-state index is 0.00412. The summed E-state index contributed by atoms with van der Waals surface area (Å²) in [5.41, 5.74) is 1.03. The van der Waals surface area contributed by atoms with Crippen LogP contribution >= 0.6 is 0 Å². The molecule has 0 spiro atoms. The molecule has 0 heterocycles. The van der Waals surface area contributed by atoms with Crippen molar-refractivity contribution in [1.29, 1.82) is 0 Å². The normalized spacial score (nSPS) is 38.3. The zero-order valence-corrected chi connectivity index (χ0v) is 24.0. The van der Waals surface area contributed by atoms with Crippen LogP contribution in [0.4, 0.5) is 0 Å². The molecule has 4 saturated carbocycles. The van der Waals surface area contributed by atoms with E-state index in [1.54, 1.807) is 19.1 Å². The van der Waals surface area contributed by atoms with Crippen molar-refractivity contribution in [2.24, 2.45) is 40.4 Å². The maximum Gasteiger partial charge on any atom is 0.338 e. The Morgan fingerprint density at radius 3 is 2.00 bits per heavy atom. The molecule has 0 aromatic heterocycles. The van der Waals surface area contributed by atoms with Gasteiger partial charge >= 0.3 is 11.9 Å². The summed E-state index contributed by atoms with van der Waals surface area (Å²) in [6, 6.07) is 18.5. The number of rotatable bonds is 5. The van der Waals surface area contributed by atoms with Crippen molar-refractivity contribution in [3.05, 3.63) is 71.8 Å². The first-order valence-corrected chi connectivity index (χ1v) is 15.2. The highest BCUT2D eigenvalue weighted by molar-refractivity contribution is 5.90. The van der Waals surface area contributed by atoms with Crippen LogP contribution in [0.1, 0.15) is 92.9 Å². The molecular formula is C35H42O5. The molecule has 4 aliphatic carbocycles. The maximum absolute atomic E-state index is 13.4. The number of hydrogen-bond acceptors (Lipinski definition) is 5. The quantitative estimate of drug-likeness (QED) is 0.371. The van der Waals surface area contributed by atoms with E-state index in [4.69, 9.17) is 9.47 Å². The molecule has 0 radical (unpaired) electrons. The summed E-state index contributed by atoms with van der Waals surface area (Å²) in [7, 11) is 0. The smallest absolute Gasteiger partial charge is 0.338 e. The zero-order valence-electron chi connectivity index (χ0n) is 24.0. The largest absolute Gasteiger partial charge is 0.459 e. The number of carbonyl (C=O) groups excluding carboxylic acids is 3. The van der Waals surface area contributed by atoms with E-state index in [1.165, 1.54) is 0 Å². The number of ketones is 1. The van der Waals surface area contributed by atoms with Gasteiger partial charge in [0.05, 0.1) is 11.1 Å². The predicted octanol–water partition coefficient (Wildman–Crippen LogP) is 7.30. The Labute approximate surface area is 238 Å². The first kappa shape index (κ1) is 27.2. The van der Waals surface area contributed by atoms with E-state index in [0.29, 0.717) is 28.9 Å². The number of benzene rings is 2. The fourth-order valence-electron chi connectivity index (χ4n) is 9.77. The average molecular weight is 543 g/mol. The molecule has 0 N–H and O–H groups in total. The van der Waals surface area contributed by atoms with Crippen LogP contribution < -0.4 is 0 Å². The molecule has 9 atom stereocenters. The lowest BCUT2D eigenvalue weighted by Crippen LogP contribution is -2.60. The van der Waals surface area contributed by atoms with E-state index in [0.717, 1.165) is 51.4 Å². The summed E-state index contributed by atoms with van der Waals surface area (Å²) in [5, 5.41) is 0. The Kier molecular flexibility index (Phi) is 7.13. The van der Waals surface area contributed by atoms with Gasteiger partial charge in [-0.1, -0.05) is 50.2 Å². The van der Waals surface area contributed by atoms with E-state index >= 15 is 0 Å². The van der Waals surface area contributed by atoms with Crippen LogP contribution in [0.15, 0.2) is 60.7 Å². The highest BCUT2D eigenvalue weighted by Crippen LogP contribution is 2.68. The number of fused-ring (bicyclic) bond motifs is 5. The number of Topliss-reactive ketones (excluding diaryl/α,β-unsaturated/α-hetero) is 1. The Morgan fingerprint density at radius 2 is 1.38 bits per heavy atom. The second-order valence-corrected chi connectivity index (χ2v) is 13.5. The van der Waals surface area contributed by atoms with Crippen LogP contribution in [0, 0.1) is 40.4 Å². The molecule has 0 bridgehead atoms. The summed E-state index contributed by atoms with van der Waals surface area (Å²) in [6.45, 7) is 6.45. The Hall–Kier alpha value is -2.95. The minimum atomic E-state index is -0.264. The third-order valence-corrected chi connectivity index (χ3v) is 11.6. The molecule has 4 aliphatic rings. The van der Waals surface area contributed by atoms with Crippen molar-refractivity contribution in [1.82, 2.24) is 0 Å². The standard InChI is InChI=1S/C35H42O5/c1-22(36)28-16-17-29-27-15-14-25-20-26(39-32(37)23-10-6-4-7-11-23)18-19-34(25,2)31(27)30(21-35(28,29)3)40-33(38)24-12-8-5-9-13-24/h4-13,25-31H,14-21H2,1-3H3/t25-,26?,27+,28-,29+,30-,31-,34+,35-/m1/s1. The van der Waals surface area contributed by atoms with Gasteiger partial charge in [-0.2, -0.15) is 0 Å². The maximum atomic E-state index is 13.4. The molecule has 1 unspecified atom stereocenters. The molecule has 0 saturated heterocycles. The molecule has 4 fully saturated rings. The summed E-state index contributed by atoms with van der Waals surface area (Å²) in [4.78, 5) is 39.0. The number of carbonyl (C=O) groups is 3. The average Bonchev–Trinajstić information content (AvgIpc) is 3.31. The molecule has 0 aliphatic heterocycles. The molecule has 6 rings (SSSR count). The molecule has 212 valence electrons. The first-order valence-electron chi connectivity index (χ1n) is 15.2. The van der Waals surface area contributed by atoms with E-state index in [1.807, 2.05) is 48.5 Å². The van der Waals surface area contributed by atoms with Gasteiger partial charge in [-0.25, -0.2) is 9.59 Å². The van der Waals surface area contributed by atoms with Crippen molar-refractivity contribution in [2.45, 2.75) is 84.3 Å². The molecule has 2 aromatic carbocycles. The predicted molar refractivity (Wildman–Crippen MR) is 153 cm³/mol. The van der Waals surface area contributed by atoms with Crippen molar-refractivity contribution < 1.29 is 23.9 Å². The molecule has 40 heavy (non-hydrogen) atoms. The summed E-state index contributed by atoms with van der Waals surface area (Å²) < 4.78 is 12.5. The molecule has 2 aromatic rings. The first-order chi connectivity index (χ1) is 19.2. The molecule has 5 heteroatoms. The van der Waals surface area contributed by atoms with E-state index < -0.39 is 0 Å². The van der Waals surface area contributed by atoms with Crippen LogP contribution in [0.25, 0.3) is 0 Å². The van der Waals surface area contributed by atoms with Gasteiger partial charge in [0.1, 0.15) is 18.0 Å². The van der Waals surface area contributed by atoms with E-state index in [-0.39, 0.29) is 52.6 Å². The number of ether oxygens (including phenoxy) is 2. The van der Waals surface area contributed by atoms with Crippen LogP contribution in [0.3, 0.4) is 0 Å². The Bertz CT molecular complexity index is 1260. The highest BCUT2D eigenvalue weighted by atomic mass is 16.5. The minimum Gasteiger partial charge on any atom is -0.459 e. The number of hydrogen-bond donors (Lipinski definition) is 0. The lowest BCUT2D eigenvalue weighted by molar-refractivity contribution is -0.179. The third kappa shape index (κ3) is 4.59. The fraction of sp³-hybridized carbons (Fsp3) is 0.571. The fourth-order valence-corrected chi connectivity index (χ4v) is 9.77. The van der Waals surface area contributed by atoms with E-state index in [9.17, 15) is 14.4 Å². The Morgan fingerprint density at radius 1 is 0.750 bits per heavy atom. The summed E-state index contributed by atoms with van der Waals surface area (Å²) in [6.07, 6.45) is 7.26. The van der Waals surface area contributed by atoms with Crippen molar-refractivity contribution >= 4 is 17.7 Å². The van der Waals surface area contributed by atoms with Crippen molar-refractivity contribution in [3.8, 4) is 0 Å². The molecule has 5 nitrogen and oxygen atoms in total.